The lowest BCUT2D eigenvalue weighted by atomic mass is 10.1. The normalized spacial score (nSPS) is 11.5. The van der Waals surface area contributed by atoms with Crippen molar-refractivity contribution in [1.29, 1.82) is 0 Å². The van der Waals surface area contributed by atoms with Gasteiger partial charge in [0.2, 0.25) is 0 Å². The van der Waals surface area contributed by atoms with E-state index in [4.69, 9.17) is 9.47 Å². The molecule has 0 heterocycles. The second kappa shape index (κ2) is 9.38. The topological polar surface area (TPSA) is 64.6 Å². The first kappa shape index (κ1) is 20.0. The Morgan fingerprint density at radius 2 is 1.77 bits per heavy atom. The summed E-state index contributed by atoms with van der Waals surface area (Å²) in [7, 11) is 0. The minimum absolute atomic E-state index is 0.180. The molecule has 0 aromatic heterocycles. The molecule has 0 fully saturated rings. The Balaban J connectivity index is 1.74. The van der Waals surface area contributed by atoms with Crippen molar-refractivity contribution in [2.24, 2.45) is 0 Å². The van der Waals surface area contributed by atoms with E-state index in [-0.39, 0.29) is 25.2 Å². The van der Waals surface area contributed by atoms with Gasteiger partial charge < -0.3 is 14.8 Å². The average molecular weight is 420 g/mol. The highest BCUT2D eigenvalue weighted by molar-refractivity contribution is 9.10. The van der Waals surface area contributed by atoms with Crippen LogP contribution in [0.15, 0.2) is 46.9 Å². The van der Waals surface area contributed by atoms with Crippen LogP contribution in [0, 0.1) is 13.8 Å². The Labute approximate surface area is 161 Å². The predicted octanol–water partition coefficient (Wildman–Crippen LogP) is 3.87. The van der Waals surface area contributed by atoms with Gasteiger partial charge >= 0.3 is 5.97 Å². The number of hydrogen-bond donors (Lipinski definition) is 1. The van der Waals surface area contributed by atoms with E-state index >= 15 is 0 Å². The fraction of sp³-hybridized carbons (Fsp3) is 0.300. The number of aryl methyl sites for hydroxylation is 2. The highest BCUT2D eigenvalue weighted by Crippen LogP contribution is 2.18. The molecule has 0 saturated heterocycles. The van der Waals surface area contributed by atoms with Crippen LogP contribution >= 0.6 is 15.9 Å². The lowest BCUT2D eigenvalue weighted by Gasteiger charge is -2.14. The highest BCUT2D eigenvalue weighted by Gasteiger charge is 2.12. The summed E-state index contributed by atoms with van der Waals surface area (Å²) >= 11 is 3.37. The minimum Gasteiger partial charge on any atom is -0.482 e. The smallest absolute Gasteiger partial charge is 0.344 e. The molecule has 1 atom stereocenters. The van der Waals surface area contributed by atoms with Crippen molar-refractivity contribution in [2.75, 3.05) is 13.2 Å². The van der Waals surface area contributed by atoms with Crippen LogP contribution in [-0.4, -0.2) is 25.1 Å². The number of benzene rings is 2. The first-order valence-electron chi connectivity index (χ1n) is 8.25. The minimum atomic E-state index is -0.587. The number of hydrogen-bond acceptors (Lipinski definition) is 4. The van der Waals surface area contributed by atoms with Crippen molar-refractivity contribution in [3.05, 3.63) is 63.6 Å². The molecule has 0 aliphatic heterocycles. The maximum Gasteiger partial charge on any atom is 0.344 e. The van der Waals surface area contributed by atoms with Gasteiger partial charge in [0.1, 0.15) is 5.75 Å². The van der Waals surface area contributed by atoms with Crippen molar-refractivity contribution in [3.63, 3.8) is 0 Å². The maximum atomic E-state index is 11.9. The summed E-state index contributed by atoms with van der Waals surface area (Å²) in [6.07, 6.45) is 0. The zero-order valence-electron chi connectivity index (χ0n) is 15.0. The van der Waals surface area contributed by atoms with Gasteiger partial charge in [0, 0.05) is 4.47 Å². The Morgan fingerprint density at radius 3 is 2.42 bits per heavy atom. The van der Waals surface area contributed by atoms with Gasteiger partial charge in [0.05, 0.1) is 6.04 Å². The van der Waals surface area contributed by atoms with Gasteiger partial charge in [-0.1, -0.05) is 45.8 Å². The number of ether oxygens (including phenoxy) is 2. The average Bonchev–Trinajstić information content (AvgIpc) is 2.59. The Bertz CT molecular complexity index is 774. The highest BCUT2D eigenvalue weighted by atomic mass is 79.9. The number of halogens is 1. The van der Waals surface area contributed by atoms with Gasteiger partial charge in [-0.25, -0.2) is 4.79 Å². The van der Waals surface area contributed by atoms with Crippen LogP contribution in [0.1, 0.15) is 29.7 Å². The molecule has 138 valence electrons. The first-order valence-corrected chi connectivity index (χ1v) is 9.05. The fourth-order valence-electron chi connectivity index (χ4n) is 2.40. The molecule has 0 unspecified atom stereocenters. The number of rotatable bonds is 7. The van der Waals surface area contributed by atoms with Gasteiger partial charge in [-0.3, -0.25) is 4.79 Å². The Kier molecular flexibility index (Phi) is 7.21. The molecule has 0 spiro atoms. The molecular weight excluding hydrogens is 398 g/mol. The van der Waals surface area contributed by atoms with Gasteiger partial charge in [0.25, 0.3) is 5.91 Å². The van der Waals surface area contributed by atoms with Crippen molar-refractivity contribution in [2.45, 2.75) is 26.8 Å². The molecule has 1 amide bonds. The fourth-order valence-corrected chi connectivity index (χ4v) is 2.67. The second-order valence-electron chi connectivity index (χ2n) is 6.06. The number of amides is 1. The van der Waals surface area contributed by atoms with Crippen molar-refractivity contribution in [3.8, 4) is 5.75 Å². The van der Waals surface area contributed by atoms with Crippen molar-refractivity contribution >= 4 is 27.8 Å². The van der Waals surface area contributed by atoms with E-state index in [1.807, 2.05) is 63.2 Å². The SMILES string of the molecule is Cc1ccc(OCC(=O)OCC(=O)N[C@H](C)c2ccc(Br)cc2)c(C)c1. The summed E-state index contributed by atoms with van der Waals surface area (Å²) < 4.78 is 11.4. The number of carbonyl (C=O) groups is 2. The maximum absolute atomic E-state index is 11.9. The largest absolute Gasteiger partial charge is 0.482 e. The molecule has 0 saturated carbocycles. The molecule has 2 rings (SSSR count). The van der Waals surface area contributed by atoms with E-state index in [1.165, 1.54) is 0 Å². The van der Waals surface area contributed by atoms with Crippen molar-refractivity contribution in [1.82, 2.24) is 5.32 Å². The van der Waals surface area contributed by atoms with Crippen molar-refractivity contribution < 1.29 is 19.1 Å². The molecule has 0 aliphatic rings. The van der Waals surface area contributed by atoms with Crippen LogP contribution < -0.4 is 10.1 Å². The quantitative estimate of drug-likeness (QED) is 0.691. The standard InChI is InChI=1S/C20H22BrNO4/c1-13-4-9-18(14(2)10-13)25-12-20(24)26-11-19(23)22-15(3)16-5-7-17(21)8-6-16/h4-10,15H,11-12H2,1-3H3,(H,22,23)/t15-/m1/s1. The molecule has 0 aliphatic carbocycles. The summed E-state index contributed by atoms with van der Waals surface area (Å²) in [6, 6.07) is 13.1. The van der Waals surface area contributed by atoms with E-state index < -0.39 is 5.97 Å². The Morgan fingerprint density at radius 1 is 1.08 bits per heavy atom. The molecule has 5 nitrogen and oxygen atoms in total. The molecule has 2 aromatic carbocycles. The van der Waals surface area contributed by atoms with E-state index in [0.29, 0.717) is 5.75 Å². The number of esters is 1. The van der Waals surface area contributed by atoms with E-state index in [2.05, 4.69) is 21.2 Å². The number of carbonyl (C=O) groups excluding carboxylic acids is 2. The van der Waals surface area contributed by atoms with Crippen LogP contribution in [0.4, 0.5) is 0 Å². The predicted molar refractivity (Wildman–Crippen MR) is 103 cm³/mol. The summed E-state index contributed by atoms with van der Waals surface area (Å²) in [5, 5.41) is 2.79. The van der Waals surface area contributed by atoms with Gasteiger partial charge in [-0.15, -0.1) is 0 Å². The summed E-state index contributed by atoms with van der Waals surface area (Å²) in [5.41, 5.74) is 3.03. The van der Waals surface area contributed by atoms with Crippen LogP contribution in [0.5, 0.6) is 5.75 Å². The summed E-state index contributed by atoms with van der Waals surface area (Å²) in [6.45, 7) is 5.19. The third-order valence-electron chi connectivity index (χ3n) is 3.79. The van der Waals surface area contributed by atoms with Gasteiger partial charge in [-0.2, -0.15) is 0 Å². The van der Waals surface area contributed by atoms with Crippen LogP contribution in [0.3, 0.4) is 0 Å². The first-order chi connectivity index (χ1) is 12.3. The van der Waals surface area contributed by atoms with Gasteiger partial charge in [-0.05, 0) is 50.1 Å². The number of nitrogens with one attached hydrogen (secondary N) is 1. The van der Waals surface area contributed by atoms with E-state index in [9.17, 15) is 9.59 Å². The zero-order valence-corrected chi connectivity index (χ0v) is 16.6. The molecule has 0 bridgehead atoms. The third kappa shape index (κ3) is 6.19. The van der Waals surface area contributed by atoms with Gasteiger partial charge in [0.15, 0.2) is 13.2 Å². The molecule has 26 heavy (non-hydrogen) atoms. The monoisotopic (exact) mass is 419 g/mol. The molecule has 2 aromatic rings. The van der Waals surface area contributed by atoms with Crippen LogP contribution in [0.2, 0.25) is 0 Å². The third-order valence-corrected chi connectivity index (χ3v) is 4.32. The second-order valence-corrected chi connectivity index (χ2v) is 6.97. The van der Waals surface area contributed by atoms with E-state index in [0.717, 1.165) is 21.2 Å². The van der Waals surface area contributed by atoms with Crippen LogP contribution in [0.25, 0.3) is 0 Å². The summed E-state index contributed by atoms with van der Waals surface area (Å²) in [5.74, 6) is -0.322. The van der Waals surface area contributed by atoms with Crippen LogP contribution in [-0.2, 0) is 14.3 Å². The lowest BCUT2D eigenvalue weighted by molar-refractivity contribution is -0.150. The molecule has 6 heteroatoms. The Hall–Kier alpha value is -2.34. The summed E-state index contributed by atoms with van der Waals surface area (Å²) in [4.78, 5) is 23.7. The van der Waals surface area contributed by atoms with E-state index in [1.54, 1.807) is 0 Å². The molecular formula is C20H22BrNO4. The zero-order chi connectivity index (χ0) is 19.1. The molecule has 1 N–H and O–H groups in total. The molecule has 0 radical (unpaired) electrons. The lowest BCUT2D eigenvalue weighted by Crippen LogP contribution is -2.31.